The predicted molar refractivity (Wildman–Crippen MR) is 75.2 cm³/mol. The van der Waals surface area contributed by atoms with Crippen LogP contribution in [-0.4, -0.2) is 24.1 Å². The highest BCUT2D eigenvalue weighted by Crippen LogP contribution is 2.30. The summed E-state index contributed by atoms with van der Waals surface area (Å²) in [6.45, 7) is 1.61. The fraction of sp³-hybridized carbons (Fsp3) is 0.455. The highest BCUT2D eigenvalue weighted by Gasteiger charge is 2.24. The first-order chi connectivity index (χ1) is 8.13. The monoisotopic (exact) mass is 347 g/mol. The van der Waals surface area contributed by atoms with E-state index < -0.39 is 0 Å². The summed E-state index contributed by atoms with van der Waals surface area (Å²) in [5.41, 5.74) is 6.93. The largest absolute Gasteiger partial charge is 0.367 e. The quantitative estimate of drug-likeness (QED) is 0.517. The predicted octanol–water partition coefficient (Wildman–Crippen LogP) is 2.13. The van der Waals surface area contributed by atoms with E-state index in [2.05, 4.69) is 4.90 Å². The van der Waals surface area contributed by atoms with Gasteiger partial charge in [0, 0.05) is 30.9 Å². The molecule has 0 amide bonds. The number of benzene rings is 1. The molecule has 1 aromatic carbocycles. The molecule has 17 heavy (non-hydrogen) atoms. The number of rotatable bonds is 3. The van der Waals surface area contributed by atoms with E-state index in [1.165, 1.54) is 0 Å². The number of hydrogen-bond donors (Lipinski definition) is 1. The Bertz CT molecular complexity index is 439. The number of nitrogens with two attached hydrogens (primary N) is 1. The molecule has 1 aliphatic rings. The molecule has 92 valence electrons. The Morgan fingerprint density at radius 2 is 2.35 bits per heavy atom. The van der Waals surface area contributed by atoms with Gasteiger partial charge in [-0.15, -0.1) is 0 Å². The molecule has 2 N–H and O–H groups in total. The van der Waals surface area contributed by atoms with Gasteiger partial charge in [0.05, 0.1) is 8.49 Å². The lowest BCUT2D eigenvalue weighted by Crippen LogP contribution is -2.35. The maximum Gasteiger partial charge on any atom is 0.282 e. The molecule has 5 nitrogen and oxygen atoms in total. The summed E-state index contributed by atoms with van der Waals surface area (Å²) < 4.78 is 0.674. The van der Waals surface area contributed by atoms with E-state index in [0.29, 0.717) is 16.2 Å². The van der Waals surface area contributed by atoms with Crippen molar-refractivity contribution in [2.75, 3.05) is 18.0 Å². The Kier molecular flexibility index (Phi) is 3.82. The zero-order valence-electron chi connectivity index (χ0n) is 9.30. The van der Waals surface area contributed by atoms with Gasteiger partial charge in [-0.1, -0.05) is 0 Å². The number of anilines is 1. The van der Waals surface area contributed by atoms with Crippen LogP contribution >= 0.6 is 22.6 Å². The Morgan fingerprint density at radius 3 is 2.94 bits per heavy atom. The van der Waals surface area contributed by atoms with Crippen molar-refractivity contribution in [3.8, 4) is 0 Å². The van der Waals surface area contributed by atoms with Crippen molar-refractivity contribution in [1.82, 2.24) is 0 Å². The number of hydrogen-bond acceptors (Lipinski definition) is 4. The normalized spacial score (nSPS) is 19.6. The Morgan fingerprint density at radius 1 is 1.59 bits per heavy atom. The zero-order chi connectivity index (χ0) is 12.4. The summed E-state index contributed by atoms with van der Waals surface area (Å²) in [6, 6.07) is 5.62. The van der Waals surface area contributed by atoms with Crippen molar-refractivity contribution in [2.45, 2.75) is 18.9 Å². The van der Waals surface area contributed by atoms with Crippen molar-refractivity contribution in [3.63, 3.8) is 0 Å². The molecule has 6 heteroatoms. The molecule has 0 bridgehead atoms. The second kappa shape index (κ2) is 5.18. The minimum atomic E-state index is -0.351. The van der Waals surface area contributed by atoms with Crippen LogP contribution in [0.5, 0.6) is 0 Å². The van der Waals surface area contributed by atoms with Crippen LogP contribution in [0, 0.1) is 13.7 Å². The van der Waals surface area contributed by atoms with Gasteiger partial charge in [-0.3, -0.25) is 10.1 Å². The van der Waals surface area contributed by atoms with Gasteiger partial charge in [0.2, 0.25) is 0 Å². The smallest absolute Gasteiger partial charge is 0.282 e. The first kappa shape index (κ1) is 12.6. The molecule has 1 fully saturated rings. The van der Waals surface area contributed by atoms with Crippen LogP contribution in [-0.2, 0) is 0 Å². The van der Waals surface area contributed by atoms with Crippen molar-refractivity contribution in [1.29, 1.82) is 0 Å². The van der Waals surface area contributed by atoms with E-state index >= 15 is 0 Å². The van der Waals surface area contributed by atoms with E-state index in [0.717, 1.165) is 25.1 Å². The van der Waals surface area contributed by atoms with E-state index in [1.807, 2.05) is 34.7 Å². The molecule has 1 heterocycles. The number of nitro benzene ring substituents is 1. The van der Waals surface area contributed by atoms with E-state index in [1.54, 1.807) is 6.07 Å². The maximum absolute atomic E-state index is 10.7. The SMILES string of the molecule is NCC1CCCN1c1ccc([N+](=O)[O-])c(I)c1. The van der Waals surface area contributed by atoms with Gasteiger partial charge >= 0.3 is 0 Å². The highest BCUT2D eigenvalue weighted by atomic mass is 127. The van der Waals surface area contributed by atoms with Crippen LogP contribution in [0.4, 0.5) is 11.4 Å². The zero-order valence-corrected chi connectivity index (χ0v) is 11.5. The summed E-state index contributed by atoms with van der Waals surface area (Å²) in [7, 11) is 0. The minimum absolute atomic E-state index is 0.165. The number of halogens is 1. The average Bonchev–Trinajstić information content (AvgIpc) is 2.76. The van der Waals surface area contributed by atoms with Gasteiger partial charge < -0.3 is 10.6 Å². The molecule has 0 radical (unpaired) electrons. The summed E-state index contributed by atoms with van der Waals surface area (Å²) in [5.74, 6) is 0. The van der Waals surface area contributed by atoms with Crippen LogP contribution in [0.1, 0.15) is 12.8 Å². The van der Waals surface area contributed by atoms with Crippen LogP contribution < -0.4 is 10.6 Å². The lowest BCUT2D eigenvalue weighted by molar-refractivity contribution is -0.385. The highest BCUT2D eigenvalue weighted by molar-refractivity contribution is 14.1. The standard InChI is InChI=1S/C11H14IN3O2/c12-10-6-8(3-4-11(10)15(16)17)14-5-1-2-9(14)7-13/h3-4,6,9H,1-2,5,7,13H2. The molecule has 0 saturated carbocycles. The minimum Gasteiger partial charge on any atom is -0.367 e. The maximum atomic E-state index is 10.7. The van der Waals surface area contributed by atoms with Gasteiger partial charge in [-0.2, -0.15) is 0 Å². The summed E-state index contributed by atoms with van der Waals surface area (Å²) >= 11 is 2.01. The summed E-state index contributed by atoms with van der Waals surface area (Å²) in [4.78, 5) is 12.6. The second-order valence-corrected chi connectivity index (χ2v) is 5.28. The third kappa shape index (κ3) is 2.52. The Hall–Kier alpha value is -0.890. The Balaban J connectivity index is 2.28. The molecule has 0 aromatic heterocycles. The molecular formula is C11H14IN3O2. The fourth-order valence-corrected chi connectivity index (χ4v) is 2.94. The topological polar surface area (TPSA) is 72.4 Å². The van der Waals surface area contributed by atoms with Gasteiger partial charge in [-0.25, -0.2) is 0 Å². The third-order valence-electron chi connectivity index (χ3n) is 3.11. The van der Waals surface area contributed by atoms with E-state index in [4.69, 9.17) is 5.73 Å². The van der Waals surface area contributed by atoms with E-state index in [9.17, 15) is 10.1 Å². The molecule has 0 spiro atoms. The first-order valence-electron chi connectivity index (χ1n) is 5.54. The fourth-order valence-electron chi connectivity index (χ4n) is 2.24. The van der Waals surface area contributed by atoms with Crippen molar-refractivity contribution < 1.29 is 4.92 Å². The van der Waals surface area contributed by atoms with Crippen molar-refractivity contribution >= 4 is 34.0 Å². The lowest BCUT2D eigenvalue weighted by atomic mass is 10.2. The van der Waals surface area contributed by atoms with Gasteiger partial charge in [0.1, 0.15) is 0 Å². The number of nitrogens with zero attached hydrogens (tertiary/aromatic N) is 2. The van der Waals surface area contributed by atoms with Gasteiger partial charge in [0.15, 0.2) is 0 Å². The van der Waals surface area contributed by atoms with E-state index in [-0.39, 0.29) is 10.6 Å². The molecular weight excluding hydrogens is 333 g/mol. The van der Waals surface area contributed by atoms with Crippen LogP contribution in [0.2, 0.25) is 0 Å². The van der Waals surface area contributed by atoms with Crippen LogP contribution in [0.15, 0.2) is 18.2 Å². The second-order valence-electron chi connectivity index (χ2n) is 4.12. The van der Waals surface area contributed by atoms with Crippen LogP contribution in [0.25, 0.3) is 0 Å². The van der Waals surface area contributed by atoms with Crippen molar-refractivity contribution in [2.24, 2.45) is 5.73 Å². The molecule has 2 rings (SSSR count). The average molecular weight is 347 g/mol. The Labute approximate surface area is 113 Å². The number of nitro groups is 1. The summed E-state index contributed by atoms with van der Waals surface area (Å²) in [6.07, 6.45) is 2.24. The molecule has 1 aromatic rings. The van der Waals surface area contributed by atoms with Crippen molar-refractivity contribution in [3.05, 3.63) is 31.9 Å². The third-order valence-corrected chi connectivity index (χ3v) is 3.97. The van der Waals surface area contributed by atoms with Crippen LogP contribution in [0.3, 0.4) is 0 Å². The molecule has 1 unspecified atom stereocenters. The molecule has 1 aliphatic heterocycles. The van der Waals surface area contributed by atoms with Gasteiger partial charge in [0.25, 0.3) is 5.69 Å². The molecule has 0 aliphatic carbocycles. The molecule has 1 saturated heterocycles. The first-order valence-corrected chi connectivity index (χ1v) is 6.62. The van der Waals surface area contributed by atoms with Gasteiger partial charge in [-0.05, 0) is 47.6 Å². The molecule has 1 atom stereocenters. The lowest BCUT2D eigenvalue weighted by Gasteiger charge is -2.25. The summed E-state index contributed by atoms with van der Waals surface area (Å²) in [5, 5.41) is 10.7.